The highest BCUT2D eigenvalue weighted by Crippen LogP contribution is 2.69. The quantitative estimate of drug-likeness (QED) is 0.205. The van der Waals surface area contributed by atoms with Crippen molar-refractivity contribution in [3.05, 3.63) is 83.5 Å². The van der Waals surface area contributed by atoms with E-state index in [9.17, 15) is 24.3 Å². The largest absolute Gasteiger partial charge is 0.449 e. The first kappa shape index (κ1) is 36.8. The van der Waals surface area contributed by atoms with Crippen LogP contribution in [0.25, 0.3) is 11.1 Å². The van der Waals surface area contributed by atoms with E-state index in [0.29, 0.717) is 19.3 Å². The highest BCUT2D eigenvalue weighted by Gasteiger charge is 2.75. The monoisotopic (exact) mass is 738 g/mol. The van der Waals surface area contributed by atoms with Crippen molar-refractivity contribution in [3.63, 3.8) is 0 Å². The second-order valence-electron chi connectivity index (χ2n) is 16.3. The molecule has 0 spiro atoms. The molecule has 8 rings (SSSR count). The maximum absolute atomic E-state index is 14.4. The van der Waals surface area contributed by atoms with Gasteiger partial charge in [-0.3, -0.25) is 14.4 Å². The summed E-state index contributed by atoms with van der Waals surface area (Å²) in [5.74, 6) is -0.804. The van der Waals surface area contributed by atoms with Crippen LogP contribution < -0.4 is 10.6 Å². The van der Waals surface area contributed by atoms with Crippen molar-refractivity contribution >= 4 is 23.6 Å². The van der Waals surface area contributed by atoms with E-state index >= 15 is 0 Å². The normalized spacial score (nSPS) is 34.4. The minimum absolute atomic E-state index is 0.0113. The van der Waals surface area contributed by atoms with Gasteiger partial charge in [0.15, 0.2) is 23.5 Å². The lowest BCUT2D eigenvalue weighted by Gasteiger charge is -2.59. The topological polar surface area (TPSA) is 149 Å². The molecule has 1 unspecified atom stereocenters. The zero-order chi connectivity index (χ0) is 37.8. The molecule has 3 N–H and O–H groups in total. The summed E-state index contributed by atoms with van der Waals surface area (Å²) in [7, 11) is 0. The van der Waals surface area contributed by atoms with Crippen molar-refractivity contribution in [2.45, 2.75) is 89.3 Å². The Morgan fingerprint density at radius 3 is 2.46 bits per heavy atom. The summed E-state index contributed by atoms with van der Waals surface area (Å²) in [5.41, 5.74) is 3.05. The van der Waals surface area contributed by atoms with Gasteiger partial charge in [0.2, 0.25) is 5.91 Å². The molecule has 0 bridgehead atoms. The number of carbonyl (C=O) groups excluding carboxylic acids is 4. The van der Waals surface area contributed by atoms with E-state index in [1.165, 1.54) is 0 Å². The number of aliphatic hydroxyl groups is 1. The molecule has 0 aromatic heterocycles. The Balaban J connectivity index is 0.866. The number of rotatable bonds is 11. The molecule has 54 heavy (non-hydrogen) atoms. The average Bonchev–Trinajstić information content (AvgIpc) is 3.77. The number of amides is 2. The summed E-state index contributed by atoms with van der Waals surface area (Å²) in [4.78, 5) is 51.9. The second-order valence-corrected chi connectivity index (χ2v) is 16.3. The first-order valence-electron chi connectivity index (χ1n) is 19.4. The fourth-order valence-electron chi connectivity index (χ4n) is 11.3. The second kappa shape index (κ2) is 14.2. The van der Waals surface area contributed by atoms with Crippen molar-refractivity contribution in [3.8, 4) is 11.1 Å². The standard InChI is InChI=1S/C43H50N2O9/c1-4-9-38-53-36-19-33-31-15-14-25-18-26(46)16-17-41(25,2)39(31)34(47)20-42(33,3)43(36,54-38)35(48)23-51-24-45-37(49)21-44-40(50)52-22-32-29-12-7-5-10-27(29)28-11-6-8-13-30(28)32/h5-8,10-13,16-18,31-34,36,38-39,47H,4,9,14-15,19-24H2,1-3H3,(H,44,50)(H,45,49)/t31-,33-,34-,36+,38?,39+,41-,42-,43+/m0/s1. The molecule has 2 aromatic carbocycles. The van der Waals surface area contributed by atoms with Crippen molar-refractivity contribution in [1.82, 2.24) is 10.6 Å². The fourth-order valence-corrected chi connectivity index (χ4v) is 11.3. The van der Waals surface area contributed by atoms with Crippen LogP contribution in [0, 0.1) is 28.6 Å². The Morgan fingerprint density at radius 1 is 1.02 bits per heavy atom. The Hall–Kier alpha value is -4.16. The van der Waals surface area contributed by atoms with Crippen molar-refractivity contribution in [1.29, 1.82) is 0 Å². The summed E-state index contributed by atoms with van der Waals surface area (Å²) in [6.07, 6.45) is 6.90. The van der Waals surface area contributed by atoms with Crippen LogP contribution in [0.1, 0.15) is 76.3 Å². The Bertz CT molecular complexity index is 1860. The van der Waals surface area contributed by atoms with Crippen LogP contribution in [-0.4, -0.2) is 79.3 Å². The third-order valence-electron chi connectivity index (χ3n) is 13.6. The molecule has 11 heteroatoms. The molecule has 0 radical (unpaired) electrons. The highest BCUT2D eigenvalue weighted by atomic mass is 16.7. The molecule has 3 saturated carbocycles. The Labute approximate surface area is 315 Å². The third kappa shape index (κ3) is 5.86. The van der Waals surface area contributed by atoms with Crippen LogP contribution in [0.3, 0.4) is 0 Å². The van der Waals surface area contributed by atoms with E-state index < -0.39 is 46.9 Å². The number of ketones is 2. The average molecular weight is 739 g/mol. The number of hydrogen-bond acceptors (Lipinski definition) is 9. The van der Waals surface area contributed by atoms with E-state index in [0.717, 1.165) is 47.1 Å². The SMILES string of the molecule is CCCC1O[C@@H]2C[C@H]3[C@@H]4CCC5=CC(=O)C=C[C@]5(C)[C@H]4[C@@H](O)C[C@]3(C)[C@]2(C(=O)COCNC(=O)CNC(=O)OCC2c3ccccc3-c3ccccc32)O1. The molecule has 2 aromatic rings. The van der Waals surface area contributed by atoms with Crippen LogP contribution >= 0.6 is 0 Å². The molecular formula is C43H50N2O9. The number of hydrogen-bond donors (Lipinski definition) is 3. The summed E-state index contributed by atoms with van der Waals surface area (Å²) >= 11 is 0. The zero-order valence-corrected chi connectivity index (χ0v) is 31.2. The molecule has 4 fully saturated rings. The van der Waals surface area contributed by atoms with Gasteiger partial charge < -0.3 is 34.7 Å². The van der Waals surface area contributed by atoms with Gasteiger partial charge in [-0.15, -0.1) is 0 Å². The van der Waals surface area contributed by atoms with Gasteiger partial charge in [-0.1, -0.05) is 87.4 Å². The number of allylic oxidation sites excluding steroid dienone is 4. The van der Waals surface area contributed by atoms with E-state index in [1.807, 2.05) is 49.4 Å². The van der Waals surface area contributed by atoms with Gasteiger partial charge in [-0.05, 0) is 78.3 Å². The molecule has 5 aliphatic carbocycles. The van der Waals surface area contributed by atoms with Crippen LogP contribution in [0.2, 0.25) is 0 Å². The van der Waals surface area contributed by atoms with Gasteiger partial charge in [-0.25, -0.2) is 4.79 Å². The summed E-state index contributed by atoms with van der Waals surface area (Å²) in [6.45, 7) is 5.48. The van der Waals surface area contributed by atoms with Gasteiger partial charge in [-0.2, -0.15) is 0 Å². The van der Waals surface area contributed by atoms with Gasteiger partial charge in [0.25, 0.3) is 0 Å². The van der Waals surface area contributed by atoms with Crippen LogP contribution in [0.15, 0.2) is 72.3 Å². The predicted octanol–water partition coefficient (Wildman–Crippen LogP) is 5.35. The molecule has 11 nitrogen and oxygen atoms in total. The number of ether oxygens (including phenoxy) is 4. The maximum Gasteiger partial charge on any atom is 0.407 e. The number of benzene rings is 2. The van der Waals surface area contributed by atoms with Crippen molar-refractivity contribution < 1.29 is 43.2 Å². The molecule has 9 atom stereocenters. The van der Waals surface area contributed by atoms with Gasteiger partial charge >= 0.3 is 6.09 Å². The lowest BCUT2D eigenvalue weighted by molar-refractivity contribution is -0.201. The van der Waals surface area contributed by atoms with Crippen molar-refractivity contribution in [2.24, 2.45) is 28.6 Å². The van der Waals surface area contributed by atoms with Crippen LogP contribution in [0.5, 0.6) is 0 Å². The van der Waals surface area contributed by atoms with E-state index in [1.54, 1.807) is 12.2 Å². The first-order valence-corrected chi connectivity index (χ1v) is 19.4. The van der Waals surface area contributed by atoms with Gasteiger partial charge in [0, 0.05) is 22.7 Å². The molecule has 2 amide bonds. The highest BCUT2D eigenvalue weighted by molar-refractivity contribution is 6.01. The number of nitrogens with one attached hydrogen (secondary N) is 2. The number of alkyl carbamates (subject to hydrolysis) is 1. The molecule has 1 saturated heterocycles. The minimum atomic E-state index is -1.31. The van der Waals surface area contributed by atoms with E-state index in [-0.39, 0.29) is 61.7 Å². The first-order chi connectivity index (χ1) is 26.0. The lowest BCUT2D eigenvalue weighted by Crippen LogP contribution is -2.63. The molecule has 1 aliphatic heterocycles. The minimum Gasteiger partial charge on any atom is -0.449 e. The summed E-state index contributed by atoms with van der Waals surface area (Å²) in [6, 6.07) is 16.1. The summed E-state index contributed by atoms with van der Waals surface area (Å²) in [5, 5.41) is 17.0. The predicted molar refractivity (Wildman–Crippen MR) is 198 cm³/mol. The summed E-state index contributed by atoms with van der Waals surface area (Å²) < 4.78 is 24.4. The molecule has 1 heterocycles. The van der Waals surface area contributed by atoms with Gasteiger partial charge in [0.05, 0.1) is 12.2 Å². The molecule has 286 valence electrons. The fraction of sp³-hybridized carbons (Fsp3) is 0.535. The number of Topliss-reactive ketones (excluding diaryl/α,β-unsaturated/α-hetero) is 1. The number of carbonyl (C=O) groups is 4. The van der Waals surface area contributed by atoms with E-state index in [4.69, 9.17) is 18.9 Å². The van der Waals surface area contributed by atoms with Gasteiger partial charge in [0.1, 0.15) is 26.5 Å². The van der Waals surface area contributed by atoms with Crippen LogP contribution in [-0.2, 0) is 33.3 Å². The van der Waals surface area contributed by atoms with E-state index in [2.05, 4.69) is 36.6 Å². The number of fused-ring (bicyclic) bond motifs is 10. The number of aliphatic hydroxyl groups excluding tert-OH is 1. The lowest BCUT2D eigenvalue weighted by atomic mass is 9.46. The third-order valence-corrected chi connectivity index (χ3v) is 13.6. The Morgan fingerprint density at radius 2 is 1.74 bits per heavy atom. The zero-order valence-electron chi connectivity index (χ0n) is 31.2. The molecule has 6 aliphatic rings. The van der Waals surface area contributed by atoms with Crippen molar-refractivity contribution in [2.75, 3.05) is 26.5 Å². The Kier molecular flexibility index (Phi) is 9.65. The maximum atomic E-state index is 14.4. The molecular weight excluding hydrogens is 688 g/mol. The smallest absolute Gasteiger partial charge is 0.407 e. The van der Waals surface area contributed by atoms with Crippen LogP contribution in [0.4, 0.5) is 4.79 Å².